The van der Waals surface area contributed by atoms with E-state index >= 15 is 0 Å². The number of anilines is 1. The summed E-state index contributed by atoms with van der Waals surface area (Å²) in [5.74, 6) is 0. The Morgan fingerprint density at radius 1 is 1.56 bits per heavy atom. The molecule has 1 aromatic rings. The molecule has 0 fully saturated rings. The lowest BCUT2D eigenvalue weighted by Gasteiger charge is -2.05. The zero-order chi connectivity index (χ0) is 11.8. The Balaban J connectivity index is 2.66. The Bertz CT molecular complexity index is 411. The molecule has 1 aromatic carbocycles. The molecule has 83 valence electrons. The van der Waals surface area contributed by atoms with Crippen molar-refractivity contribution in [3.05, 3.63) is 36.8 Å². The molecule has 5 heteroatoms. The van der Waals surface area contributed by atoms with Gasteiger partial charge in [0.05, 0.1) is 13.2 Å². The minimum Gasteiger partial charge on any atom is -0.449 e. The van der Waals surface area contributed by atoms with E-state index in [2.05, 4.69) is 22.0 Å². The van der Waals surface area contributed by atoms with Crippen molar-refractivity contribution < 1.29 is 14.3 Å². The van der Waals surface area contributed by atoms with Gasteiger partial charge in [-0.15, -0.1) is 0 Å². The lowest BCUT2D eigenvalue weighted by molar-refractivity contribution is 0.173. The quantitative estimate of drug-likeness (QED) is 0.621. The molecule has 1 amide bonds. The van der Waals surface area contributed by atoms with Crippen molar-refractivity contribution >= 4 is 17.9 Å². The molecule has 0 aromatic heterocycles. The van der Waals surface area contributed by atoms with Gasteiger partial charge in [0.2, 0.25) is 6.08 Å². The van der Waals surface area contributed by atoms with E-state index in [4.69, 9.17) is 0 Å². The van der Waals surface area contributed by atoms with Crippen LogP contribution in [0.3, 0.4) is 0 Å². The predicted molar refractivity (Wildman–Crippen MR) is 58.6 cm³/mol. The molecule has 1 rings (SSSR count). The fraction of sp³-hybridized carbons (Fsp3) is 0.182. The maximum absolute atomic E-state index is 11.1. The van der Waals surface area contributed by atoms with Crippen LogP contribution in [0.15, 0.2) is 29.3 Å². The van der Waals surface area contributed by atoms with Gasteiger partial charge in [-0.3, -0.25) is 5.32 Å². The van der Waals surface area contributed by atoms with E-state index < -0.39 is 6.09 Å². The predicted octanol–water partition coefficient (Wildman–Crippen LogP) is 1.90. The molecule has 1 N–H and O–H groups in total. The van der Waals surface area contributed by atoms with E-state index in [1.54, 1.807) is 24.3 Å². The van der Waals surface area contributed by atoms with Crippen molar-refractivity contribution in [3.63, 3.8) is 0 Å². The number of ether oxygens (including phenoxy) is 1. The van der Waals surface area contributed by atoms with Crippen molar-refractivity contribution in [1.29, 1.82) is 0 Å². The van der Waals surface area contributed by atoms with Crippen LogP contribution in [-0.2, 0) is 16.1 Å². The van der Waals surface area contributed by atoms with Crippen LogP contribution in [0.2, 0.25) is 0 Å². The largest absolute Gasteiger partial charge is 0.449 e. The maximum atomic E-state index is 11.1. The van der Waals surface area contributed by atoms with Crippen LogP contribution in [0.4, 0.5) is 10.5 Å². The monoisotopic (exact) mass is 219 g/mol. The van der Waals surface area contributed by atoms with Crippen LogP contribution >= 0.6 is 0 Å². The lowest BCUT2D eigenvalue weighted by atomic mass is 10.2. The van der Waals surface area contributed by atoms with Crippen LogP contribution in [0, 0.1) is 6.92 Å². The summed E-state index contributed by atoms with van der Waals surface area (Å²) in [5, 5.41) is 2.52. The summed E-state index contributed by atoms with van der Waals surface area (Å²) in [5.41, 5.74) is 1.38. The molecule has 16 heavy (non-hydrogen) atoms. The average Bonchev–Trinajstić information content (AvgIpc) is 2.27. The number of isocyanates is 1. The van der Waals surface area contributed by atoms with Gasteiger partial charge in [0.15, 0.2) is 0 Å². The molecule has 0 saturated heterocycles. The summed E-state index contributed by atoms with van der Waals surface area (Å²) < 4.78 is 4.62. The molecule has 0 aliphatic heterocycles. The first-order valence-electron chi connectivity index (χ1n) is 4.62. The standard InChI is InChI=1S/C11H11N2O3/c1-2-16-11(15)13-10-5-3-4-9(6-10)7-12-8-14/h3-6H,1-2,7H2,(H,13,15). The van der Waals surface area contributed by atoms with E-state index in [1.807, 2.05) is 0 Å². The van der Waals surface area contributed by atoms with Gasteiger partial charge in [0.25, 0.3) is 0 Å². The summed E-state index contributed by atoms with van der Waals surface area (Å²) in [6.07, 6.45) is 0.888. The summed E-state index contributed by atoms with van der Waals surface area (Å²) in [4.78, 5) is 24.5. The first-order chi connectivity index (χ1) is 7.76. The Labute approximate surface area is 93.1 Å². The zero-order valence-electron chi connectivity index (χ0n) is 8.60. The third kappa shape index (κ3) is 3.94. The van der Waals surface area contributed by atoms with Gasteiger partial charge in [0.1, 0.15) is 0 Å². The number of amides is 1. The van der Waals surface area contributed by atoms with Gasteiger partial charge >= 0.3 is 6.09 Å². The summed E-state index contributed by atoms with van der Waals surface area (Å²) in [6, 6.07) is 6.94. The Morgan fingerprint density at radius 2 is 2.38 bits per heavy atom. The first kappa shape index (κ1) is 11.9. The van der Waals surface area contributed by atoms with Crippen molar-refractivity contribution in [2.24, 2.45) is 4.99 Å². The first-order valence-corrected chi connectivity index (χ1v) is 4.62. The average molecular weight is 219 g/mol. The number of carbonyl (C=O) groups is 1. The lowest BCUT2D eigenvalue weighted by Crippen LogP contribution is -2.13. The third-order valence-electron chi connectivity index (χ3n) is 1.73. The molecule has 0 saturated carbocycles. The van der Waals surface area contributed by atoms with E-state index in [9.17, 15) is 9.59 Å². The number of nitrogens with zero attached hydrogens (tertiary/aromatic N) is 1. The highest BCUT2D eigenvalue weighted by Crippen LogP contribution is 2.11. The highest BCUT2D eigenvalue weighted by atomic mass is 16.5. The number of aliphatic imine (C=N–C) groups is 1. The molecular weight excluding hydrogens is 208 g/mol. The minimum absolute atomic E-state index is 0.0704. The molecule has 0 heterocycles. The number of hydrogen-bond donors (Lipinski definition) is 1. The highest BCUT2D eigenvalue weighted by Gasteiger charge is 2.01. The maximum Gasteiger partial charge on any atom is 0.411 e. The second-order valence-corrected chi connectivity index (χ2v) is 2.87. The molecular formula is C11H11N2O3. The summed E-state index contributed by atoms with van der Waals surface area (Å²) in [7, 11) is 0. The van der Waals surface area contributed by atoms with Crippen LogP contribution in [0.25, 0.3) is 0 Å². The molecule has 0 bridgehead atoms. The van der Waals surface area contributed by atoms with Crippen molar-refractivity contribution in [1.82, 2.24) is 0 Å². The van der Waals surface area contributed by atoms with Gasteiger partial charge in [-0.2, -0.15) is 0 Å². The molecule has 0 aliphatic rings. The SMILES string of the molecule is [CH2]COC(=O)Nc1cccc(CN=C=O)c1. The molecule has 1 radical (unpaired) electrons. The number of nitrogens with one attached hydrogen (secondary N) is 1. The number of hydrogen-bond acceptors (Lipinski definition) is 4. The molecule has 0 unspecified atom stereocenters. The third-order valence-corrected chi connectivity index (χ3v) is 1.73. The van der Waals surface area contributed by atoms with Gasteiger partial charge in [-0.05, 0) is 24.6 Å². The Kier molecular flexibility index (Phi) is 4.76. The van der Waals surface area contributed by atoms with Gasteiger partial charge in [-0.1, -0.05) is 12.1 Å². The summed E-state index contributed by atoms with van der Waals surface area (Å²) >= 11 is 0. The van der Waals surface area contributed by atoms with Crippen LogP contribution in [0.1, 0.15) is 5.56 Å². The molecule has 0 atom stereocenters. The van der Waals surface area contributed by atoms with E-state index in [0.717, 1.165) is 5.56 Å². The fourth-order valence-corrected chi connectivity index (χ4v) is 1.12. The van der Waals surface area contributed by atoms with Crippen molar-refractivity contribution in [2.75, 3.05) is 11.9 Å². The fourth-order valence-electron chi connectivity index (χ4n) is 1.12. The van der Waals surface area contributed by atoms with Crippen LogP contribution in [-0.4, -0.2) is 18.8 Å². The molecule has 5 nitrogen and oxygen atoms in total. The molecule has 0 aliphatic carbocycles. The van der Waals surface area contributed by atoms with Crippen molar-refractivity contribution in [3.8, 4) is 0 Å². The van der Waals surface area contributed by atoms with Gasteiger partial charge in [-0.25, -0.2) is 14.6 Å². The molecule has 0 spiro atoms. The minimum atomic E-state index is -0.564. The number of rotatable bonds is 4. The van der Waals surface area contributed by atoms with Gasteiger partial charge in [0, 0.05) is 5.69 Å². The van der Waals surface area contributed by atoms with E-state index in [0.29, 0.717) is 5.69 Å². The Hall–Kier alpha value is -2.13. The summed E-state index contributed by atoms with van der Waals surface area (Å²) in [6.45, 7) is 3.69. The van der Waals surface area contributed by atoms with E-state index in [1.165, 1.54) is 6.08 Å². The Morgan fingerprint density at radius 3 is 3.06 bits per heavy atom. The van der Waals surface area contributed by atoms with Crippen LogP contribution < -0.4 is 5.32 Å². The second-order valence-electron chi connectivity index (χ2n) is 2.87. The number of carbonyl (C=O) groups excluding carboxylic acids is 2. The smallest absolute Gasteiger partial charge is 0.411 e. The van der Waals surface area contributed by atoms with E-state index in [-0.39, 0.29) is 13.2 Å². The number of benzene rings is 1. The van der Waals surface area contributed by atoms with Crippen molar-refractivity contribution in [2.45, 2.75) is 6.54 Å². The second kappa shape index (κ2) is 6.37. The van der Waals surface area contributed by atoms with Gasteiger partial charge < -0.3 is 4.74 Å². The zero-order valence-corrected chi connectivity index (χ0v) is 8.60. The topological polar surface area (TPSA) is 67.8 Å². The van der Waals surface area contributed by atoms with Crippen LogP contribution in [0.5, 0.6) is 0 Å². The normalized spacial score (nSPS) is 9.06. The highest BCUT2D eigenvalue weighted by molar-refractivity contribution is 5.84.